The summed E-state index contributed by atoms with van der Waals surface area (Å²) in [6.45, 7) is 9.83. The molecule has 6 heteroatoms. The molecule has 30 heavy (non-hydrogen) atoms. The first-order valence-corrected chi connectivity index (χ1v) is 10.9. The molecule has 0 unspecified atom stereocenters. The summed E-state index contributed by atoms with van der Waals surface area (Å²) in [5.74, 6) is -0.854. The molecule has 0 bridgehead atoms. The summed E-state index contributed by atoms with van der Waals surface area (Å²) < 4.78 is 11.5. The van der Waals surface area contributed by atoms with Crippen LogP contribution in [0.15, 0.2) is 30.3 Å². The van der Waals surface area contributed by atoms with Gasteiger partial charge in [-0.15, -0.1) is 11.3 Å². The third-order valence-electron chi connectivity index (χ3n) is 4.77. The normalized spacial score (nSPS) is 15.4. The van der Waals surface area contributed by atoms with Gasteiger partial charge in [0.2, 0.25) is 0 Å². The lowest BCUT2D eigenvalue weighted by Crippen LogP contribution is -2.32. The van der Waals surface area contributed by atoms with Crippen LogP contribution in [0, 0.1) is 0 Å². The van der Waals surface area contributed by atoms with Gasteiger partial charge in [0.05, 0.1) is 24.2 Å². The second-order valence-corrected chi connectivity index (χ2v) is 10.4. The number of hydrogen-bond acceptors (Lipinski definition) is 6. The topological polar surface area (TPSA) is 69.7 Å². The van der Waals surface area contributed by atoms with Gasteiger partial charge in [0.1, 0.15) is 11.4 Å². The highest BCUT2D eigenvalue weighted by molar-refractivity contribution is 7.12. The third-order valence-corrected chi connectivity index (χ3v) is 5.98. The summed E-state index contributed by atoms with van der Waals surface area (Å²) in [7, 11) is 0. The minimum absolute atomic E-state index is 0.0330. The van der Waals surface area contributed by atoms with Crippen LogP contribution in [0.4, 0.5) is 0 Å². The van der Waals surface area contributed by atoms with Gasteiger partial charge in [-0.2, -0.15) is 0 Å². The van der Waals surface area contributed by atoms with E-state index >= 15 is 0 Å². The third kappa shape index (κ3) is 5.43. The molecule has 160 valence electrons. The van der Waals surface area contributed by atoms with Crippen LogP contribution in [0.3, 0.4) is 0 Å². The molecule has 1 aliphatic heterocycles. The zero-order valence-electron chi connectivity index (χ0n) is 18.2. The number of ketones is 2. The second-order valence-electron chi connectivity index (χ2n) is 9.21. The molecule has 0 atom stereocenters. The van der Waals surface area contributed by atoms with E-state index in [0.29, 0.717) is 29.0 Å². The maximum atomic E-state index is 13.0. The summed E-state index contributed by atoms with van der Waals surface area (Å²) >= 11 is 1.41. The number of ether oxygens (including phenoxy) is 2. The van der Waals surface area contributed by atoms with Crippen molar-refractivity contribution < 1.29 is 23.9 Å². The lowest BCUT2D eigenvalue weighted by molar-refractivity contribution is -0.117. The van der Waals surface area contributed by atoms with Crippen molar-refractivity contribution in [2.75, 3.05) is 0 Å². The Bertz CT molecular complexity index is 963. The highest BCUT2D eigenvalue weighted by Crippen LogP contribution is 2.38. The van der Waals surface area contributed by atoms with E-state index in [-0.39, 0.29) is 24.4 Å². The van der Waals surface area contributed by atoms with Crippen molar-refractivity contribution in [3.8, 4) is 0 Å². The summed E-state index contributed by atoms with van der Waals surface area (Å²) in [6.07, 6.45) is 0.415. The number of carbonyl (C=O) groups is 3. The molecule has 0 saturated carbocycles. The van der Waals surface area contributed by atoms with Crippen molar-refractivity contribution in [3.63, 3.8) is 0 Å². The van der Waals surface area contributed by atoms with Gasteiger partial charge in [-0.1, -0.05) is 30.3 Å². The van der Waals surface area contributed by atoms with Gasteiger partial charge in [0, 0.05) is 28.2 Å². The van der Waals surface area contributed by atoms with Crippen molar-refractivity contribution in [1.82, 2.24) is 0 Å². The molecule has 0 aliphatic carbocycles. The fourth-order valence-electron chi connectivity index (χ4n) is 3.45. The summed E-state index contributed by atoms with van der Waals surface area (Å²) in [6, 6.07) is 8.77. The van der Waals surface area contributed by atoms with E-state index in [4.69, 9.17) is 9.47 Å². The summed E-state index contributed by atoms with van der Waals surface area (Å²) in [5, 5.41) is 0. The van der Waals surface area contributed by atoms with E-state index in [1.54, 1.807) is 24.3 Å². The van der Waals surface area contributed by atoms with Gasteiger partial charge in [-0.25, -0.2) is 4.79 Å². The maximum Gasteiger partial charge on any atom is 0.340 e. The zero-order valence-corrected chi connectivity index (χ0v) is 19.0. The molecule has 0 amide bonds. The molecule has 1 aromatic carbocycles. The number of carbonyl (C=O) groups excluding carboxylic acids is 3. The van der Waals surface area contributed by atoms with E-state index in [9.17, 15) is 14.4 Å². The number of hydrogen-bond donors (Lipinski definition) is 0. The summed E-state index contributed by atoms with van der Waals surface area (Å²) in [5.41, 5.74) is 0.857. The SMILES string of the molecule is CC(C)(C)OC(=O)c1c(CC(=O)CC(=O)c2ccccc2)sc2c1CC(C)(C)OC2. The average Bonchev–Trinajstić information content (AvgIpc) is 2.96. The van der Waals surface area contributed by atoms with Gasteiger partial charge >= 0.3 is 5.97 Å². The Morgan fingerprint density at radius 2 is 1.80 bits per heavy atom. The van der Waals surface area contributed by atoms with Gasteiger partial charge < -0.3 is 9.47 Å². The zero-order chi connectivity index (χ0) is 22.1. The largest absolute Gasteiger partial charge is 0.456 e. The molecule has 1 aliphatic rings. The van der Waals surface area contributed by atoms with Gasteiger partial charge in [0.25, 0.3) is 0 Å². The Balaban J connectivity index is 1.86. The Hall–Kier alpha value is -2.31. The van der Waals surface area contributed by atoms with Gasteiger partial charge in [-0.3, -0.25) is 9.59 Å². The number of esters is 1. The predicted octanol–water partition coefficient (Wildman–Crippen LogP) is 4.94. The lowest BCUT2D eigenvalue weighted by Gasteiger charge is -2.30. The van der Waals surface area contributed by atoms with Crippen molar-refractivity contribution in [3.05, 3.63) is 56.8 Å². The molecule has 1 aromatic heterocycles. The Morgan fingerprint density at radius 3 is 2.43 bits per heavy atom. The monoisotopic (exact) mass is 428 g/mol. The van der Waals surface area contributed by atoms with Crippen molar-refractivity contribution >= 4 is 28.9 Å². The molecule has 3 rings (SSSR count). The van der Waals surface area contributed by atoms with Gasteiger partial charge in [0.15, 0.2) is 5.78 Å². The highest BCUT2D eigenvalue weighted by Gasteiger charge is 2.35. The standard InChI is InChI=1S/C24H28O5S/c1-23(2,3)29-22(27)21-17-13-24(4,5)28-14-20(17)30-19(21)12-16(25)11-18(26)15-9-7-6-8-10-15/h6-10H,11-14H2,1-5H3. The molecule has 0 radical (unpaired) electrons. The fraction of sp³-hybridized carbons (Fsp3) is 0.458. The van der Waals surface area contributed by atoms with Gasteiger partial charge in [-0.05, 0) is 40.2 Å². The average molecular weight is 429 g/mol. The smallest absolute Gasteiger partial charge is 0.340 e. The number of fused-ring (bicyclic) bond motifs is 1. The van der Waals surface area contributed by atoms with Crippen LogP contribution in [-0.2, 0) is 33.7 Å². The van der Waals surface area contributed by atoms with Crippen LogP contribution in [0.1, 0.15) is 77.1 Å². The number of benzene rings is 1. The molecule has 0 saturated heterocycles. The molecule has 2 aromatic rings. The van der Waals surface area contributed by atoms with Crippen LogP contribution in [0.25, 0.3) is 0 Å². The molecular weight excluding hydrogens is 400 g/mol. The van der Waals surface area contributed by atoms with Crippen LogP contribution in [0.5, 0.6) is 0 Å². The second kappa shape index (κ2) is 8.44. The summed E-state index contributed by atoms with van der Waals surface area (Å²) in [4.78, 5) is 39.7. The minimum Gasteiger partial charge on any atom is -0.456 e. The molecule has 5 nitrogen and oxygen atoms in total. The Morgan fingerprint density at radius 1 is 1.13 bits per heavy atom. The number of thiophene rings is 1. The van der Waals surface area contributed by atoms with Crippen LogP contribution in [0.2, 0.25) is 0 Å². The molecule has 2 heterocycles. The van der Waals surface area contributed by atoms with Crippen LogP contribution >= 0.6 is 11.3 Å². The van der Waals surface area contributed by atoms with E-state index in [2.05, 4.69) is 0 Å². The number of Topliss-reactive ketones (excluding diaryl/α,β-unsaturated/α-hetero) is 2. The Kier molecular flexibility index (Phi) is 6.29. The van der Waals surface area contributed by atoms with E-state index in [0.717, 1.165) is 10.4 Å². The number of rotatable bonds is 6. The molecule has 0 fully saturated rings. The van der Waals surface area contributed by atoms with E-state index < -0.39 is 17.2 Å². The van der Waals surface area contributed by atoms with Crippen LogP contribution < -0.4 is 0 Å². The van der Waals surface area contributed by atoms with E-state index in [1.165, 1.54) is 11.3 Å². The van der Waals surface area contributed by atoms with Crippen molar-refractivity contribution in [2.24, 2.45) is 0 Å². The molecule has 0 N–H and O–H groups in total. The Labute approximate surface area is 181 Å². The van der Waals surface area contributed by atoms with Crippen molar-refractivity contribution in [1.29, 1.82) is 0 Å². The first-order valence-electron chi connectivity index (χ1n) is 10.1. The lowest BCUT2D eigenvalue weighted by atomic mass is 9.91. The molecular formula is C24H28O5S. The maximum absolute atomic E-state index is 13.0. The highest BCUT2D eigenvalue weighted by atomic mass is 32.1. The molecule has 0 spiro atoms. The predicted molar refractivity (Wildman–Crippen MR) is 116 cm³/mol. The minimum atomic E-state index is -0.642. The fourth-order valence-corrected chi connectivity index (χ4v) is 4.70. The van der Waals surface area contributed by atoms with E-state index in [1.807, 2.05) is 40.7 Å². The quantitative estimate of drug-likeness (QED) is 0.370. The van der Waals surface area contributed by atoms with Crippen molar-refractivity contribution in [2.45, 2.75) is 71.7 Å². The van der Waals surface area contributed by atoms with Crippen LogP contribution in [-0.4, -0.2) is 28.7 Å². The first kappa shape index (κ1) is 22.4. The first-order chi connectivity index (χ1) is 14.0.